The zero-order chi connectivity index (χ0) is 34.6. The van der Waals surface area contributed by atoms with E-state index in [2.05, 4.69) is 9.97 Å². The van der Waals surface area contributed by atoms with Gasteiger partial charge in [0.1, 0.15) is 23.1 Å². The average Bonchev–Trinajstić information content (AvgIpc) is 3.99. The van der Waals surface area contributed by atoms with E-state index in [0.29, 0.717) is 24.3 Å². The molecule has 2 amide bonds. The van der Waals surface area contributed by atoms with Crippen LogP contribution < -0.4 is 4.74 Å². The maximum Gasteiger partial charge on any atom is 0.227 e. The van der Waals surface area contributed by atoms with Crippen LogP contribution in [-0.4, -0.2) is 54.6 Å². The van der Waals surface area contributed by atoms with Crippen LogP contribution in [0.15, 0.2) is 122 Å². The molecule has 9 nitrogen and oxygen atoms in total. The summed E-state index contributed by atoms with van der Waals surface area (Å²) in [7, 11) is 0. The summed E-state index contributed by atoms with van der Waals surface area (Å²) in [6.07, 6.45) is 8.18. The topological polar surface area (TPSA) is 107 Å². The summed E-state index contributed by atoms with van der Waals surface area (Å²) in [5, 5.41) is 0. The fraction of sp³-hybridized carbons (Fsp3) is 0.238. The third kappa shape index (κ3) is 7.19. The Morgan fingerprint density at radius 3 is 1.69 bits per heavy atom. The molecule has 2 aliphatic heterocycles. The Labute approximate surface area is 297 Å². The second-order valence-electron chi connectivity index (χ2n) is 13.3. The van der Waals surface area contributed by atoms with E-state index in [1.807, 2.05) is 131 Å². The molecule has 0 radical (unpaired) electrons. The van der Waals surface area contributed by atoms with Gasteiger partial charge in [-0.05, 0) is 78.8 Å². The van der Waals surface area contributed by atoms with Crippen LogP contribution in [0.5, 0.6) is 11.5 Å². The van der Waals surface area contributed by atoms with E-state index in [9.17, 15) is 9.59 Å². The molecule has 2 aromatic heterocycles. The van der Waals surface area contributed by atoms with Crippen LogP contribution in [0.25, 0.3) is 22.5 Å². The molecule has 6 aromatic rings. The number of imidazole rings is 2. The van der Waals surface area contributed by atoms with Gasteiger partial charge in [-0.1, -0.05) is 72.8 Å². The fourth-order valence-corrected chi connectivity index (χ4v) is 7.31. The van der Waals surface area contributed by atoms with Crippen molar-refractivity contribution in [3.05, 3.63) is 144 Å². The summed E-state index contributed by atoms with van der Waals surface area (Å²) >= 11 is 0. The lowest BCUT2D eigenvalue weighted by molar-refractivity contribution is -0.132. The number of aromatic nitrogens is 4. The van der Waals surface area contributed by atoms with E-state index in [0.717, 1.165) is 84.1 Å². The molecule has 51 heavy (non-hydrogen) atoms. The van der Waals surface area contributed by atoms with Gasteiger partial charge in [0, 0.05) is 18.7 Å². The van der Waals surface area contributed by atoms with Crippen LogP contribution in [-0.2, 0) is 22.4 Å². The van der Waals surface area contributed by atoms with Crippen molar-refractivity contribution < 1.29 is 14.3 Å². The Bertz CT molecular complexity index is 2110. The van der Waals surface area contributed by atoms with Gasteiger partial charge in [-0.25, -0.2) is 9.97 Å². The highest BCUT2D eigenvalue weighted by atomic mass is 16.5. The van der Waals surface area contributed by atoms with Gasteiger partial charge in [0.05, 0.1) is 48.7 Å². The number of nitrogens with zero attached hydrogens (tertiary/aromatic N) is 4. The van der Waals surface area contributed by atoms with Gasteiger partial charge >= 0.3 is 0 Å². The largest absolute Gasteiger partial charge is 0.457 e. The number of rotatable bonds is 10. The van der Waals surface area contributed by atoms with E-state index < -0.39 is 0 Å². The molecule has 2 aliphatic rings. The van der Waals surface area contributed by atoms with Crippen LogP contribution in [0.4, 0.5) is 0 Å². The minimum Gasteiger partial charge on any atom is -0.457 e. The predicted molar refractivity (Wildman–Crippen MR) is 196 cm³/mol. The van der Waals surface area contributed by atoms with Gasteiger partial charge in [0.15, 0.2) is 0 Å². The van der Waals surface area contributed by atoms with Crippen LogP contribution >= 0.6 is 0 Å². The molecule has 0 aliphatic carbocycles. The number of aromatic amines is 2. The lowest BCUT2D eigenvalue weighted by Gasteiger charge is -2.23. The molecule has 8 rings (SSSR count). The number of hydrogen-bond donors (Lipinski definition) is 2. The lowest BCUT2D eigenvalue weighted by Crippen LogP contribution is -2.32. The van der Waals surface area contributed by atoms with Gasteiger partial charge in [-0.15, -0.1) is 0 Å². The third-order valence-electron chi connectivity index (χ3n) is 9.91. The first-order chi connectivity index (χ1) is 25.1. The second kappa shape index (κ2) is 14.5. The van der Waals surface area contributed by atoms with Gasteiger partial charge in [0.2, 0.25) is 11.8 Å². The standard InChI is InChI=1S/C42H40N6O3/c49-39(24-29-10-3-1-4-11-29)47-22-8-16-37(47)41-43-27-35(45-41)31-18-20-33(21-19-31)51-34-15-7-14-32(26-34)36-28-44-42(46-36)38-17-9-23-48(38)40(50)25-30-12-5-2-6-13-30/h1-7,10-15,18-21,26-28,37-38H,8-9,16-17,22-25H2,(H,43,45)(H,44,46). The Hall–Kier alpha value is -5.96. The van der Waals surface area contributed by atoms with Gasteiger partial charge in [-0.3, -0.25) is 9.59 Å². The summed E-state index contributed by atoms with van der Waals surface area (Å²) in [5.74, 6) is 3.32. The molecule has 0 spiro atoms. The molecule has 2 N–H and O–H groups in total. The Balaban J connectivity index is 0.905. The van der Waals surface area contributed by atoms with Crippen LogP contribution in [0.3, 0.4) is 0 Å². The third-order valence-corrected chi connectivity index (χ3v) is 9.91. The molecular formula is C42H40N6O3. The van der Waals surface area contributed by atoms with E-state index in [4.69, 9.17) is 14.7 Å². The molecule has 2 atom stereocenters. The average molecular weight is 677 g/mol. The number of amides is 2. The molecule has 2 unspecified atom stereocenters. The van der Waals surface area contributed by atoms with Crippen molar-refractivity contribution in [2.75, 3.05) is 13.1 Å². The van der Waals surface area contributed by atoms with Crippen LogP contribution in [0.2, 0.25) is 0 Å². The van der Waals surface area contributed by atoms with Gasteiger partial charge < -0.3 is 24.5 Å². The van der Waals surface area contributed by atoms with Crippen LogP contribution in [0.1, 0.15) is 60.5 Å². The molecular weight excluding hydrogens is 637 g/mol. The predicted octanol–water partition coefficient (Wildman–Crippen LogP) is 8.07. The SMILES string of the molecule is O=C(Cc1ccccc1)N1CCCC1c1ncc(-c2ccc(Oc3cccc(-c4cnc(C5CCCN5C(=O)Cc5ccccc5)[nH]4)c3)cc2)[nH]1. The van der Waals surface area contributed by atoms with E-state index in [-0.39, 0.29) is 23.9 Å². The number of hydrogen-bond acceptors (Lipinski definition) is 5. The van der Waals surface area contributed by atoms with E-state index in [1.165, 1.54) is 0 Å². The highest BCUT2D eigenvalue weighted by molar-refractivity contribution is 5.80. The quantitative estimate of drug-likeness (QED) is 0.153. The minimum atomic E-state index is -0.0573. The number of nitrogens with one attached hydrogen (secondary N) is 2. The van der Waals surface area contributed by atoms with Crippen molar-refractivity contribution in [1.82, 2.24) is 29.7 Å². The van der Waals surface area contributed by atoms with Crippen molar-refractivity contribution in [1.29, 1.82) is 0 Å². The summed E-state index contributed by atoms with van der Waals surface area (Å²) in [6, 6.07) is 35.5. The highest BCUT2D eigenvalue weighted by Crippen LogP contribution is 2.35. The number of likely N-dealkylation sites (tertiary alicyclic amines) is 2. The van der Waals surface area contributed by atoms with Crippen molar-refractivity contribution in [3.63, 3.8) is 0 Å². The van der Waals surface area contributed by atoms with E-state index in [1.54, 1.807) is 0 Å². The molecule has 4 heterocycles. The smallest absolute Gasteiger partial charge is 0.227 e. The van der Waals surface area contributed by atoms with Crippen molar-refractivity contribution in [3.8, 4) is 34.0 Å². The molecule has 0 bridgehead atoms. The second-order valence-corrected chi connectivity index (χ2v) is 13.3. The number of carbonyl (C=O) groups is 2. The number of H-pyrrole nitrogens is 2. The normalized spacial score (nSPS) is 17.2. The first-order valence-electron chi connectivity index (χ1n) is 17.7. The number of benzene rings is 4. The van der Waals surface area contributed by atoms with Crippen molar-refractivity contribution >= 4 is 11.8 Å². The first kappa shape index (κ1) is 32.3. The molecule has 2 saturated heterocycles. The molecule has 2 fully saturated rings. The molecule has 0 saturated carbocycles. The number of ether oxygens (including phenoxy) is 1. The van der Waals surface area contributed by atoms with Gasteiger partial charge in [-0.2, -0.15) is 0 Å². The number of carbonyl (C=O) groups excluding carboxylic acids is 2. The molecule has 4 aromatic carbocycles. The highest BCUT2D eigenvalue weighted by Gasteiger charge is 2.33. The van der Waals surface area contributed by atoms with E-state index >= 15 is 0 Å². The summed E-state index contributed by atoms with van der Waals surface area (Å²) < 4.78 is 6.26. The Morgan fingerprint density at radius 2 is 1.14 bits per heavy atom. The lowest BCUT2D eigenvalue weighted by atomic mass is 10.1. The minimum absolute atomic E-state index is 0.0463. The zero-order valence-corrected chi connectivity index (χ0v) is 28.4. The zero-order valence-electron chi connectivity index (χ0n) is 28.4. The fourth-order valence-electron chi connectivity index (χ4n) is 7.31. The van der Waals surface area contributed by atoms with Crippen molar-refractivity contribution in [2.24, 2.45) is 0 Å². The Kier molecular flexibility index (Phi) is 9.16. The maximum absolute atomic E-state index is 13.2. The van der Waals surface area contributed by atoms with Crippen LogP contribution in [0, 0.1) is 0 Å². The molecule has 256 valence electrons. The maximum atomic E-state index is 13.2. The summed E-state index contributed by atoms with van der Waals surface area (Å²) in [5.41, 5.74) is 5.77. The summed E-state index contributed by atoms with van der Waals surface area (Å²) in [4.78, 5) is 46.6. The first-order valence-corrected chi connectivity index (χ1v) is 17.7. The Morgan fingerprint density at radius 1 is 0.608 bits per heavy atom. The monoisotopic (exact) mass is 676 g/mol. The van der Waals surface area contributed by atoms with Gasteiger partial charge in [0.25, 0.3) is 0 Å². The van der Waals surface area contributed by atoms with Crippen molar-refractivity contribution in [2.45, 2.75) is 50.6 Å². The summed E-state index contributed by atoms with van der Waals surface area (Å²) in [6.45, 7) is 1.49. The molecule has 9 heteroatoms.